The van der Waals surface area contributed by atoms with E-state index in [-0.39, 0.29) is 6.04 Å². The van der Waals surface area contributed by atoms with Crippen LogP contribution in [0.25, 0.3) is 0 Å². The average molecular weight is 211 g/mol. The molecule has 0 aliphatic rings. The molecule has 1 atom stereocenters. The summed E-state index contributed by atoms with van der Waals surface area (Å²) in [7, 11) is 3.19. The van der Waals surface area contributed by atoms with Gasteiger partial charge in [0.05, 0.1) is 20.3 Å². The third-order valence-corrected chi connectivity index (χ3v) is 2.37. The minimum absolute atomic E-state index is 0.0789. The molecule has 4 nitrogen and oxygen atoms in total. The highest BCUT2D eigenvalue weighted by Gasteiger charge is 2.11. The van der Waals surface area contributed by atoms with Gasteiger partial charge in [-0.15, -0.1) is 0 Å². The van der Waals surface area contributed by atoms with Gasteiger partial charge in [0.15, 0.2) is 11.5 Å². The fourth-order valence-corrected chi connectivity index (χ4v) is 1.47. The molecule has 0 amide bonds. The van der Waals surface area contributed by atoms with Crippen LogP contribution in [0.15, 0.2) is 18.2 Å². The van der Waals surface area contributed by atoms with Crippen LogP contribution in [-0.2, 0) is 0 Å². The van der Waals surface area contributed by atoms with E-state index < -0.39 is 0 Å². The van der Waals surface area contributed by atoms with E-state index in [0.29, 0.717) is 11.5 Å². The van der Waals surface area contributed by atoms with Crippen LogP contribution >= 0.6 is 0 Å². The Balaban J connectivity index is 3.01. The van der Waals surface area contributed by atoms with Crippen LogP contribution in [0.3, 0.4) is 0 Å². The van der Waals surface area contributed by atoms with E-state index in [9.17, 15) is 0 Å². The largest absolute Gasteiger partial charge is 0.493 e. The predicted octanol–water partition coefficient (Wildman–Crippen LogP) is 2.13. The molecule has 15 heavy (non-hydrogen) atoms. The van der Waals surface area contributed by atoms with E-state index in [0.717, 1.165) is 12.0 Å². The van der Waals surface area contributed by atoms with Crippen molar-refractivity contribution < 1.29 is 14.7 Å². The van der Waals surface area contributed by atoms with Gasteiger partial charge in [0, 0.05) is 0 Å². The van der Waals surface area contributed by atoms with Crippen molar-refractivity contribution in [1.82, 2.24) is 5.48 Å². The van der Waals surface area contributed by atoms with Gasteiger partial charge in [-0.05, 0) is 24.1 Å². The number of hydrogen-bond acceptors (Lipinski definition) is 4. The minimum Gasteiger partial charge on any atom is -0.493 e. The molecule has 0 spiro atoms. The molecule has 0 aromatic heterocycles. The Bertz CT molecular complexity index is 311. The Morgan fingerprint density at radius 3 is 2.40 bits per heavy atom. The molecule has 0 saturated heterocycles. The number of ether oxygens (including phenoxy) is 2. The van der Waals surface area contributed by atoms with Crippen LogP contribution in [0.1, 0.15) is 24.9 Å². The van der Waals surface area contributed by atoms with Gasteiger partial charge in [-0.3, -0.25) is 0 Å². The lowest BCUT2D eigenvalue weighted by atomic mass is 10.0. The Labute approximate surface area is 89.8 Å². The van der Waals surface area contributed by atoms with E-state index in [1.807, 2.05) is 25.1 Å². The van der Waals surface area contributed by atoms with Crippen molar-refractivity contribution >= 4 is 0 Å². The van der Waals surface area contributed by atoms with Crippen molar-refractivity contribution in [2.45, 2.75) is 19.4 Å². The van der Waals surface area contributed by atoms with Crippen molar-refractivity contribution in [2.75, 3.05) is 14.2 Å². The zero-order valence-electron chi connectivity index (χ0n) is 9.28. The van der Waals surface area contributed by atoms with Crippen LogP contribution in [-0.4, -0.2) is 19.4 Å². The lowest BCUT2D eigenvalue weighted by Crippen LogP contribution is -2.15. The fraction of sp³-hybridized carbons (Fsp3) is 0.455. The Kier molecular flexibility index (Phi) is 4.39. The first-order chi connectivity index (χ1) is 7.26. The van der Waals surface area contributed by atoms with Crippen LogP contribution < -0.4 is 15.0 Å². The number of hydroxylamine groups is 1. The first-order valence-electron chi connectivity index (χ1n) is 4.88. The topological polar surface area (TPSA) is 50.7 Å². The molecular weight excluding hydrogens is 194 g/mol. The lowest BCUT2D eigenvalue weighted by molar-refractivity contribution is 0.124. The third-order valence-electron chi connectivity index (χ3n) is 2.37. The molecule has 2 N–H and O–H groups in total. The molecule has 1 rings (SSSR count). The summed E-state index contributed by atoms with van der Waals surface area (Å²) in [6, 6.07) is 5.51. The monoisotopic (exact) mass is 211 g/mol. The Morgan fingerprint density at radius 1 is 1.27 bits per heavy atom. The molecule has 1 unspecified atom stereocenters. The Hall–Kier alpha value is -1.26. The van der Waals surface area contributed by atoms with E-state index in [1.165, 1.54) is 0 Å². The van der Waals surface area contributed by atoms with Gasteiger partial charge in [0.2, 0.25) is 0 Å². The molecule has 0 aliphatic carbocycles. The van der Waals surface area contributed by atoms with Crippen LogP contribution in [0.4, 0.5) is 0 Å². The molecular formula is C11H17NO3. The van der Waals surface area contributed by atoms with Gasteiger partial charge in [-0.2, -0.15) is 5.48 Å². The zero-order valence-corrected chi connectivity index (χ0v) is 9.28. The van der Waals surface area contributed by atoms with Gasteiger partial charge < -0.3 is 14.7 Å². The predicted molar refractivity (Wildman–Crippen MR) is 57.5 cm³/mol. The summed E-state index contributed by atoms with van der Waals surface area (Å²) in [5.74, 6) is 1.36. The average Bonchev–Trinajstić information content (AvgIpc) is 2.30. The number of nitrogens with one attached hydrogen (secondary N) is 1. The summed E-state index contributed by atoms with van der Waals surface area (Å²) in [6.45, 7) is 1.99. The van der Waals surface area contributed by atoms with Gasteiger partial charge in [-0.25, -0.2) is 0 Å². The molecule has 1 aromatic carbocycles. The maximum Gasteiger partial charge on any atom is 0.161 e. The fourth-order valence-electron chi connectivity index (χ4n) is 1.47. The normalized spacial score (nSPS) is 12.3. The number of methoxy groups -OCH3 is 2. The van der Waals surface area contributed by atoms with Crippen LogP contribution in [0.2, 0.25) is 0 Å². The minimum atomic E-state index is -0.0789. The van der Waals surface area contributed by atoms with Crippen molar-refractivity contribution in [3.05, 3.63) is 23.8 Å². The van der Waals surface area contributed by atoms with E-state index in [2.05, 4.69) is 5.48 Å². The van der Waals surface area contributed by atoms with Crippen molar-refractivity contribution in [1.29, 1.82) is 0 Å². The van der Waals surface area contributed by atoms with Crippen molar-refractivity contribution in [2.24, 2.45) is 0 Å². The van der Waals surface area contributed by atoms with E-state index >= 15 is 0 Å². The first kappa shape index (κ1) is 11.8. The molecule has 0 aliphatic heterocycles. The van der Waals surface area contributed by atoms with Crippen LogP contribution in [0.5, 0.6) is 11.5 Å². The lowest BCUT2D eigenvalue weighted by Gasteiger charge is -2.15. The molecule has 1 aromatic rings. The summed E-state index contributed by atoms with van der Waals surface area (Å²) in [6.07, 6.45) is 0.798. The second-order valence-electron chi connectivity index (χ2n) is 3.20. The zero-order chi connectivity index (χ0) is 11.3. The highest BCUT2D eigenvalue weighted by Crippen LogP contribution is 2.30. The molecule has 4 heteroatoms. The SMILES string of the molecule is CCC(NO)c1ccc(OC)c(OC)c1. The van der Waals surface area contributed by atoms with Gasteiger partial charge >= 0.3 is 0 Å². The maximum atomic E-state index is 8.95. The standard InChI is InChI=1S/C11H17NO3/c1-4-9(12-13)8-5-6-10(14-2)11(7-8)15-3/h5-7,9,12-13H,4H2,1-3H3. The second kappa shape index (κ2) is 5.58. The smallest absolute Gasteiger partial charge is 0.161 e. The summed E-state index contributed by atoms with van der Waals surface area (Å²) < 4.78 is 10.3. The molecule has 0 radical (unpaired) electrons. The quantitative estimate of drug-likeness (QED) is 0.732. The van der Waals surface area contributed by atoms with Gasteiger partial charge in [0.25, 0.3) is 0 Å². The van der Waals surface area contributed by atoms with Crippen molar-refractivity contribution in [3.8, 4) is 11.5 Å². The maximum absolute atomic E-state index is 8.95. The molecule has 0 saturated carbocycles. The van der Waals surface area contributed by atoms with Gasteiger partial charge in [0.1, 0.15) is 0 Å². The highest BCUT2D eigenvalue weighted by atomic mass is 16.5. The summed E-state index contributed by atoms with van der Waals surface area (Å²) >= 11 is 0. The summed E-state index contributed by atoms with van der Waals surface area (Å²) in [5.41, 5.74) is 3.23. The van der Waals surface area contributed by atoms with E-state index in [1.54, 1.807) is 14.2 Å². The number of benzene rings is 1. The molecule has 0 bridgehead atoms. The third kappa shape index (κ3) is 2.61. The highest BCUT2D eigenvalue weighted by molar-refractivity contribution is 5.43. The summed E-state index contributed by atoms with van der Waals surface area (Å²) in [4.78, 5) is 0. The van der Waals surface area contributed by atoms with E-state index in [4.69, 9.17) is 14.7 Å². The Morgan fingerprint density at radius 2 is 1.93 bits per heavy atom. The number of rotatable bonds is 5. The first-order valence-corrected chi connectivity index (χ1v) is 4.88. The van der Waals surface area contributed by atoms with Crippen LogP contribution in [0, 0.1) is 0 Å². The summed E-state index contributed by atoms with van der Waals surface area (Å²) in [5, 5.41) is 8.95. The molecule has 0 heterocycles. The molecule has 84 valence electrons. The van der Waals surface area contributed by atoms with Gasteiger partial charge in [-0.1, -0.05) is 13.0 Å². The second-order valence-corrected chi connectivity index (χ2v) is 3.20. The number of hydrogen-bond donors (Lipinski definition) is 2. The van der Waals surface area contributed by atoms with Crippen molar-refractivity contribution in [3.63, 3.8) is 0 Å². The molecule has 0 fully saturated rings.